The molecule has 2 unspecified atom stereocenters. The second-order valence-corrected chi connectivity index (χ2v) is 6.42. The maximum Gasteiger partial charge on any atom is 0.274 e. The lowest BCUT2D eigenvalue weighted by Crippen LogP contribution is -2.45. The highest BCUT2D eigenvalue weighted by atomic mass is 35.5. The molecule has 1 aromatic rings. The van der Waals surface area contributed by atoms with Gasteiger partial charge >= 0.3 is 0 Å². The fraction of sp³-hybridized carbons (Fsp3) is 0.600. The van der Waals surface area contributed by atoms with E-state index in [0.29, 0.717) is 22.5 Å². The van der Waals surface area contributed by atoms with Crippen molar-refractivity contribution in [2.75, 3.05) is 18.5 Å². The first kappa shape index (κ1) is 14.6. The van der Waals surface area contributed by atoms with Crippen LogP contribution in [0.4, 0.5) is 5.82 Å². The molecule has 0 aromatic carbocycles. The van der Waals surface area contributed by atoms with Gasteiger partial charge in [-0.05, 0) is 36.8 Å². The van der Waals surface area contributed by atoms with Gasteiger partial charge in [0.2, 0.25) is 0 Å². The Morgan fingerprint density at radius 2 is 2.05 bits per heavy atom. The van der Waals surface area contributed by atoms with Gasteiger partial charge in [0.05, 0.1) is 5.02 Å². The Morgan fingerprint density at radius 1 is 1.29 bits per heavy atom. The van der Waals surface area contributed by atoms with Crippen LogP contribution in [-0.2, 0) is 0 Å². The van der Waals surface area contributed by atoms with Gasteiger partial charge in [-0.3, -0.25) is 4.79 Å². The van der Waals surface area contributed by atoms with Crippen LogP contribution in [0.5, 0.6) is 0 Å². The lowest BCUT2D eigenvalue weighted by Gasteiger charge is -2.41. The Labute approximate surface area is 129 Å². The zero-order valence-electron chi connectivity index (χ0n) is 12.0. The quantitative estimate of drug-likeness (QED) is 0.651. The van der Waals surface area contributed by atoms with Crippen LogP contribution in [0.15, 0.2) is 12.1 Å². The van der Waals surface area contributed by atoms with E-state index in [1.54, 1.807) is 12.1 Å². The minimum atomic E-state index is -0.0823. The molecule has 0 bridgehead atoms. The predicted molar refractivity (Wildman–Crippen MR) is 83.0 cm³/mol. The number of fused-ring (bicyclic) bond motifs is 1. The summed E-state index contributed by atoms with van der Waals surface area (Å²) in [5, 5.41) is 0.379. The van der Waals surface area contributed by atoms with E-state index in [4.69, 9.17) is 17.4 Å². The van der Waals surface area contributed by atoms with Gasteiger partial charge in [0.15, 0.2) is 0 Å². The third kappa shape index (κ3) is 2.99. The Morgan fingerprint density at radius 3 is 2.81 bits per heavy atom. The van der Waals surface area contributed by atoms with Crippen molar-refractivity contribution in [2.45, 2.75) is 32.1 Å². The zero-order chi connectivity index (χ0) is 14.8. The molecule has 2 fully saturated rings. The van der Waals surface area contributed by atoms with Crippen molar-refractivity contribution in [1.82, 2.24) is 9.88 Å². The van der Waals surface area contributed by atoms with Crippen LogP contribution in [-0.4, -0.2) is 28.9 Å². The number of hydrogen-bond donors (Lipinski definition) is 2. The highest BCUT2D eigenvalue weighted by Gasteiger charge is 2.34. The van der Waals surface area contributed by atoms with Gasteiger partial charge in [-0.25, -0.2) is 10.8 Å². The predicted octanol–water partition coefficient (Wildman–Crippen LogP) is 2.67. The Bertz CT molecular complexity index is 536. The first-order valence-electron chi connectivity index (χ1n) is 7.61. The van der Waals surface area contributed by atoms with Gasteiger partial charge in [0.25, 0.3) is 5.91 Å². The Kier molecular flexibility index (Phi) is 4.31. The highest BCUT2D eigenvalue weighted by molar-refractivity contribution is 6.33. The van der Waals surface area contributed by atoms with Crippen molar-refractivity contribution in [1.29, 1.82) is 0 Å². The van der Waals surface area contributed by atoms with Gasteiger partial charge in [-0.15, -0.1) is 0 Å². The van der Waals surface area contributed by atoms with Crippen LogP contribution < -0.4 is 11.3 Å². The number of nitrogens with one attached hydrogen (secondary N) is 1. The Hall–Kier alpha value is -1.33. The maximum atomic E-state index is 12.7. The smallest absolute Gasteiger partial charge is 0.274 e. The number of anilines is 1. The number of nitrogen functional groups attached to an aromatic ring is 1. The van der Waals surface area contributed by atoms with Crippen molar-refractivity contribution in [3.63, 3.8) is 0 Å². The van der Waals surface area contributed by atoms with E-state index in [9.17, 15) is 4.79 Å². The molecule has 2 heterocycles. The lowest BCUT2D eigenvalue weighted by molar-refractivity contribution is 0.0516. The van der Waals surface area contributed by atoms with E-state index in [0.717, 1.165) is 25.4 Å². The van der Waals surface area contributed by atoms with Crippen LogP contribution in [0, 0.1) is 11.8 Å². The minimum Gasteiger partial charge on any atom is -0.337 e. The summed E-state index contributed by atoms with van der Waals surface area (Å²) in [7, 11) is 0. The number of likely N-dealkylation sites (tertiary alicyclic amines) is 1. The van der Waals surface area contributed by atoms with E-state index >= 15 is 0 Å². The summed E-state index contributed by atoms with van der Waals surface area (Å²) in [6.45, 7) is 1.64. The summed E-state index contributed by atoms with van der Waals surface area (Å²) < 4.78 is 0. The number of aromatic nitrogens is 1. The SMILES string of the molecule is NNc1ccc(Cl)c(C(=O)N2CCC3CCCCC3C2)n1. The first-order valence-corrected chi connectivity index (χ1v) is 7.99. The number of pyridine rings is 1. The standard InChI is InChI=1S/C15H21ClN4O/c16-12-5-6-13(19-17)18-14(12)15(21)20-8-7-10-3-1-2-4-11(10)9-20/h5-6,10-11H,1-4,7-9,17H2,(H,18,19). The Balaban J connectivity index is 1.76. The van der Waals surface area contributed by atoms with Gasteiger partial charge in [0, 0.05) is 13.1 Å². The molecular formula is C15H21ClN4O. The number of hydrogen-bond acceptors (Lipinski definition) is 4. The number of amides is 1. The van der Waals surface area contributed by atoms with E-state index in [1.807, 2.05) is 4.90 Å². The van der Waals surface area contributed by atoms with Crippen LogP contribution >= 0.6 is 11.6 Å². The lowest BCUT2D eigenvalue weighted by atomic mass is 9.75. The van der Waals surface area contributed by atoms with Crippen LogP contribution in [0.3, 0.4) is 0 Å². The zero-order valence-corrected chi connectivity index (χ0v) is 12.8. The monoisotopic (exact) mass is 308 g/mol. The topological polar surface area (TPSA) is 71.2 Å². The van der Waals surface area contributed by atoms with E-state index in [-0.39, 0.29) is 5.91 Å². The first-order chi connectivity index (χ1) is 10.2. The molecule has 5 nitrogen and oxygen atoms in total. The third-order valence-corrected chi connectivity index (χ3v) is 5.08. The van der Waals surface area contributed by atoms with Crippen molar-refractivity contribution < 1.29 is 4.79 Å². The summed E-state index contributed by atoms with van der Waals surface area (Å²) in [4.78, 5) is 18.8. The number of carbonyl (C=O) groups is 1. The van der Waals surface area contributed by atoms with E-state index < -0.39 is 0 Å². The van der Waals surface area contributed by atoms with Crippen molar-refractivity contribution >= 4 is 23.3 Å². The minimum absolute atomic E-state index is 0.0823. The summed E-state index contributed by atoms with van der Waals surface area (Å²) >= 11 is 6.13. The number of hydrazine groups is 1. The average Bonchev–Trinajstić information content (AvgIpc) is 2.54. The van der Waals surface area contributed by atoms with Crippen LogP contribution in [0.2, 0.25) is 5.02 Å². The van der Waals surface area contributed by atoms with E-state index in [2.05, 4.69) is 10.4 Å². The molecule has 1 aliphatic heterocycles. The fourth-order valence-electron chi connectivity index (χ4n) is 3.61. The average molecular weight is 309 g/mol. The van der Waals surface area contributed by atoms with Crippen molar-refractivity contribution in [3.05, 3.63) is 22.8 Å². The van der Waals surface area contributed by atoms with Crippen molar-refractivity contribution in [3.8, 4) is 0 Å². The molecular weight excluding hydrogens is 288 g/mol. The van der Waals surface area contributed by atoms with Gasteiger partial charge in [-0.1, -0.05) is 30.9 Å². The number of piperidine rings is 1. The largest absolute Gasteiger partial charge is 0.337 e. The number of nitrogens with zero attached hydrogens (tertiary/aromatic N) is 2. The third-order valence-electron chi connectivity index (χ3n) is 4.77. The molecule has 0 spiro atoms. The molecule has 1 aromatic heterocycles. The molecule has 3 rings (SSSR count). The number of carbonyl (C=O) groups excluding carboxylic acids is 1. The molecule has 1 saturated heterocycles. The number of rotatable bonds is 2. The van der Waals surface area contributed by atoms with Gasteiger partial charge in [-0.2, -0.15) is 0 Å². The highest BCUT2D eigenvalue weighted by Crippen LogP contribution is 2.36. The second kappa shape index (κ2) is 6.20. The molecule has 114 valence electrons. The fourth-order valence-corrected chi connectivity index (χ4v) is 3.79. The van der Waals surface area contributed by atoms with Crippen LogP contribution in [0.1, 0.15) is 42.6 Å². The van der Waals surface area contributed by atoms with Crippen molar-refractivity contribution in [2.24, 2.45) is 17.7 Å². The molecule has 3 N–H and O–H groups in total. The van der Waals surface area contributed by atoms with Gasteiger partial charge < -0.3 is 10.3 Å². The molecule has 21 heavy (non-hydrogen) atoms. The second-order valence-electron chi connectivity index (χ2n) is 6.02. The molecule has 0 radical (unpaired) electrons. The normalized spacial score (nSPS) is 25.3. The summed E-state index contributed by atoms with van der Waals surface area (Å²) in [6.07, 6.45) is 6.28. The summed E-state index contributed by atoms with van der Waals surface area (Å²) in [5.74, 6) is 7.17. The number of halogens is 1. The number of nitrogens with two attached hydrogens (primary N) is 1. The molecule has 2 aliphatic rings. The summed E-state index contributed by atoms with van der Waals surface area (Å²) in [6, 6.07) is 3.32. The maximum absolute atomic E-state index is 12.7. The molecule has 2 atom stereocenters. The molecule has 1 saturated carbocycles. The van der Waals surface area contributed by atoms with Gasteiger partial charge in [0.1, 0.15) is 11.5 Å². The molecule has 1 amide bonds. The molecule has 6 heteroatoms. The summed E-state index contributed by atoms with van der Waals surface area (Å²) in [5.41, 5.74) is 2.75. The van der Waals surface area contributed by atoms with E-state index in [1.165, 1.54) is 25.7 Å². The molecule has 1 aliphatic carbocycles. The van der Waals surface area contributed by atoms with Crippen LogP contribution in [0.25, 0.3) is 0 Å².